The van der Waals surface area contributed by atoms with Gasteiger partial charge in [-0.25, -0.2) is 0 Å². The number of benzene rings is 7. The first-order valence-corrected chi connectivity index (χ1v) is 33.3. The minimum absolute atomic E-state index is 0.0715. The van der Waals surface area contributed by atoms with Crippen LogP contribution in [0.1, 0.15) is 12.0 Å². The highest BCUT2D eigenvalue weighted by molar-refractivity contribution is 7.87. The number of nitrogens with two attached hydrogens (primary N) is 1. The smallest absolute Gasteiger partial charge is 0.425 e. The number of phenols is 2. The van der Waals surface area contributed by atoms with Gasteiger partial charge in [-0.3, -0.25) is 37.4 Å². The lowest BCUT2D eigenvalue weighted by atomic mass is 10.1. The summed E-state index contributed by atoms with van der Waals surface area (Å²) in [5.41, 5.74) is 0.211. The van der Waals surface area contributed by atoms with Crippen LogP contribution in [0.5, 0.6) is 17.2 Å². The van der Waals surface area contributed by atoms with Gasteiger partial charge in [-0.1, -0.05) is 12.1 Å². The van der Waals surface area contributed by atoms with Crippen LogP contribution >= 0.6 is 0 Å². The lowest BCUT2D eigenvalue weighted by molar-refractivity contribution is -0.385. The molecule has 0 amide bonds. The summed E-state index contributed by atoms with van der Waals surface area (Å²) in [7, 11) is -37.4. The van der Waals surface area contributed by atoms with E-state index in [4.69, 9.17) is 40.3 Å². The average Bonchev–Trinajstić information content (AvgIpc) is 1.14. The van der Waals surface area contributed by atoms with Crippen LogP contribution in [0.2, 0.25) is 0 Å². The van der Waals surface area contributed by atoms with Crippen molar-refractivity contribution in [3.8, 4) is 17.2 Å². The molecule has 10 N–H and O–H groups in total. The molecule has 0 saturated carbocycles. The summed E-state index contributed by atoms with van der Waals surface area (Å²) in [4.78, 5) is 4.40. The van der Waals surface area contributed by atoms with E-state index in [0.717, 1.165) is 48.5 Å². The van der Waals surface area contributed by atoms with E-state index in [1.54, 1.807) is 6.92 Å². The third-order valence-corrected chi connectivity index (χ3v) is 16.2. The third kappa shape index (κ3) is 18.6. The van der Waals surface area contributed by atoms with E-state index in [1.807, 2.05) is 0 Å². The van der Waals surface area contributed by atoms with Crippen molar-refractivity contribution in [3.05, 3.63) is 107 Å². The van der Waals surface area contributed by atoms with Crippen molar-refractivity contribution in [3.63, 3.8) is 0 Å². The molecule has 0 aliphatic heterocycles. The van der Waals surface area contributed by atoms with Crippen LogP contribution in [0.3, 0.4) is 0 Å². The predicted octanol–water partition coefficient (Wildman–Crippen LogP) is 6.75. The van der Waals surface area contributed by atoms with Crippen molar-refractivity contribution in [2.45, 2.75) is 37.8 Å². The number of ether oxygens (including phenoxy) is 1. The summed E-state index contributed by atoms with van der Waals surface area (Å²) in [5, 5.41) is 61.1. The number of non-ortho nitro benzene ring substituents is 1. The Morgan fingerprint density at radius 3 is 1.52 bits per heavy atom. The number of aromatic hydroxyl groups is 2. The summed E-state index contributed by atoms with van der Waals surface area (Å²) in [6.45, 7) is 1.46. The number of nitro groups is 1. The zero-order chi connectivity index (χ0) is 67.1. The summed E-state index contributed by atoms with van der Waals surface area (Å²) < 4.78 is 264. The van der Waals surface area contributed by atoms with Gasteiger partial charge < -0.3 is 20.7 Å². The van der Waals surface area contributed by atoms with Crippen molar-refractivity contribution in [1.29, 1.82) is 0 Å². The number of nitro benzene ring substituents is 1. The highest BCUT2D eigenvalue weighted by atomic mass is 32.2. The third-order valence-electron chi connectivity index (χ3n) is 10.9. The first-order chi connectivity index (χ1) is 40.9. The van der Waals surface area contributed by atoms with E-state index >= 15 is 0 Å². The molecule has 0 aromatic heterocycles. The van der Waals surface area contributed by atoms with Gasteiger partial charge in [0.05, 0.1) is 39.7 Å². The first-order valence-electron chi connectivity index (χ1n) is 22.5. The molecule has 0 saturated heterocycles. The minimum Gasteiger partial charge on any atom is -0.505 e. The van der Waals surface area contributed by atoms with Crippen LogP contribution < -0.4 is 10.5 Å². The number of phenolic OH excluding ortho intramolecular Hbond substituents is 2. The van der Waals surface area contributed by atoms with Crippen LogP contribution in [0.25, 0.3) is 21.5 Å². The molecule has 0 fully saturated rings. The fourth-order valence-corrected chi connectivity index (χ4v) is 11.2. The molecule has 7 aromatic rings. The Kier molecular flexibility index (Phi) is 21.7. The van der Waals surface area contributed by atoms with Gasteiger partial charge in [0.1, 0.15) is 64.4 Å². The zero-order valence-corrected chi connectivity index (χ0v) is 49.8. The maximum Gasteiger partial charge on any atom is 0.425 e. The molecule has 47 heteroatoms. The normalized spacial score (nSPS) is 12.5. The minimum atomic E-state index is -5.65. The Morgan fingerprint density at radius 1 is 0.494 bits per heavy atom. The fourth-order valence-electron chi connectivity index (χ4n) is 7.28. The topological polar surface area (TPSA) is 646 Å². The monoisotopic (exact) mass is 1400 g/mol. The molecule has 0 heterocycles. The highest BCUT2D eigenvalue weighted by Crippen LogP contribution is 2.48. The van der Waals surface area contributed by atoms with Gasteiger partial charge in [0, 0.05) is 34.4 Å². The van der Waals surface area contributed by atoms with Crippen molar-refractivity contribution >= 4 is 160 Å². The second-order valence-electron chi connectivity index (χ2n) is 16.8. The molecule has 0 spiro atoms. The molecule has 0 unspecified atom stereocenters. The summed E-state index contributed by atoms with van der Waals surface area (Å²) in [6.07, 6.45) is -0.0715. The van der Waals surface area contributed by atoms with Crippen molar-refractivity contribution in [1.82, 2.24) is 0 Å². The molecule has 0 atom stereocenters. The number of hydrogen-bond acceptors (Lipinski definition) is 32. The molecule has 0 aliphatic rings. The van der Waals surface area contributed by atoms with Crippen LogP contribution in [0.15, 0.2) is 156 Å². The van der Waals surface area contributed by atoms with Gasteiger partial charge in [0.25, 0.3) is 66.4 Å². The average molecular weight is 1400 g/mol. The van der Waals surface area contributed by atoms with Gasteiger partial charge in [-0.15, -0.1) is 55.9 Å². The fraction of sp³-hybridized carbons (Fsp3) is 0.0952. The number of aryl methyl sites for hydroxylation is 1. The van der Waals surface area contributed by atoms with E-state index in [2.05, 4.69) is 40.9 Å². The Balaban J connectivity index is 0.00000170. The van der Waals surface area contributed by atoms with Crippen molar-refractivity contribution < 1.29 is 123 Å². The molecule has 39 nitrogen and oxygen atoms in total. The van der Waals surface area contributed by atoms with Gasteiger partial charge in [0.15, 0.2) is 11.5 Å². The molecule has 7 rings (SSSR count). The predicted molar refractivity (Wildman–Crippen MR) is 298 cm³/mol. The number of fused-ring (bicyclic) bond motifs is 2. The number of anilines is 1. The van der Waals surface area contributed by atoms with Gasteiger partial charge in [-0.2, -0.15) is 60.7 Å². The Labute approximate surface area is 501 Å². The van der Waals surface area contributed by atoms with E-state index in [9.17, 15) is 93.6 Å². The molecular formula is C42H34N10O29S8. The lowest BCUT2D eigenvalue weighted by Gasteiger charge is -2.13. The van der Waals surface area contributed by atoms with Crippen LogP contribution in [-0.2, 0) is 81.9 Å². The van der Waals surface area contributed by atoms with Crippen LogP contribution in [0.4, 0.5) is 56.9 Å². The van der Waals surface area contributed by atoms with Crippen molar-refractivity contribution in [2.24, 2.45) is 40.9 Å². The van der Waals surface area contributed by atoms with Gasteiger partial charge in [0.2, 0.25) is 0 Å². The zero-order valence-electron chi connectivity index (χ0n) is 43.3. The van der Waals surface area contributed by atoms with E-state index in [-0.39, 0.29) is 24.5 Å². The quantitative estimate of drug-likeness (QED) is 0.0101. The standard InChI is InChI=1S/C42H34N10O23S6.2O3S/c1-20-3-6-23(75-13-2-14-76(57,58)59)17-31(20)49-46-27-9-4-21(15-34(27)78(63,64)65)44-51-39-36(80(69,70)71)18-26-24(40(39)53)7-12-30(42(26)81(72,73)74)48-50-32-19-33(77(60,61)62)25-8-11-29(41(54)37(25)38(32)43)47-45-28-10-5-22(52(55)56)16-35(28)79(66,67)68;2*1-4(2)3/h3-12,15-19,53-54H,2,13-14,43H2,1H3,(H,57,58,59)(H,60,61,62)(H,63,64,65)(H,66,67,68)(H,69,70,71)(H,72,73,74);;. The summed E-state index contributed by atoms with van der Waals surface area (Å²) >= 11 is 0. The Morgan fingerprint density at radius 2 is 0.978 bits per heavy atom. The van der Waals surface area contributed by atoms with Crippen LogP contribution in [-0.4, -0.2) is 131 Å². The number of rotatable bonds is 19. The number of nitrogen functional groups attached to an aromatic ring is 1. The van der Waals surface area contributed by atoms with Gasteiger partial charge >= 0.3 is 21.2 Å². The number of azo groups is 4. The van der Waals surface area contributed by atoms with E-state index in [0.29, 0.717) is 29.8 Å². The molecule has 0 aliphatic carbocycles. The second kappa shape index (κ2) is 27.4. The lowest BCUT2D eigenvalue weighted by Crippen LogP contribution is -2.08. The largest absolute Gasteiger partial charge is 0.505 e. The number of nitrogens with zero attached hydrogens (tertiary/aromatic N) is 9. The first kappa shape index (κ1) is 70.5. The Bertz CT molecular complexity index is 5150. The SMILES string of the molecule is Cc1ccc(OCCCS(=O)(=O)O)cc1N=Nc1ccc(N=Nc2c(S(=O)(=O)O)cc3c(S(=O)(=O)O)c(N=Nc4cc(S(=O)(=O)O)c5ccc(N=Nc6ccc([N+](=O)[O-])cc6S(=O)(=O)O)c(O)c5c4N)ccc3c2O)cc1S(=O)(=O)O.O=S(=O)=O.O=S(=O)=O. The molecule has 89 heavy (non-hydrogen) atoms. The maximum atomic E-state index is 13.1. The summed E-state index contributed by atoms with van der Waals surface area (Å²) in [5.74, 6) is -2.71. The van der Waals surface area contributed by atoms with E-state index < -0.39 is 201 Å². The molecule has 0 radical (unpaired) electrons. The molecule has 0 bridgehead atoms. The van der Waals surface area contributed by atoms with Crippen molar-refractivity contribution in [2.75, 3.05) is 18.1 Å². The highest BCUT2D eigenvalue weighted by Gasteiger charge is 2.29. The molecular weight excluding hydrogens is 1370 g/mol. The summed E-state index contributed by atoms with van der Waals surface area (Å²) in [6, 6.07) is 13.4. The van der Waals surface area contributed by atoms with Crippen LogP contribution in [0, 0.1) is 17.0 Å². The Hall–Kier alpha value is -9.24. The van der Waals surface area contributed by atoms with E-state index in [1.165, 1.54) is 18.2 Å². The van der Waals surface area contributed by atoms with Gasteiger partial charge in [-0.05, 0) is 79.6 Å². The number of hydrogen-bond donors (Lipinski definition) is 9. The second-order valence-corrected chi connectivity index (χ2v) is 26.1. The maximum absolute atomic E-state index is 13.1. The molecule has 474 valence electrons. The molecule has 7 aromatic carbocycles.